The van der Waals surface area contributed by atoms with Crippen molar-refractivity contribution in [3.8, 4) is 5.75 Å². The SMILES string of the molecule is CC(Oc1ccccc1Cl)C(=O)N(CCC(=O)O)C(C)C. The van der Waals surface area contributed by atoms with Gasteiger partial charge < -0.3 is 14.7 Å². The Morgan fingerprint density at radius 1 is 1.29 bits per heavy atom. The van der Waals surface area contributed by atoms with Crippen LogP contribution in [0.2, 0.25) is 5.02 Å². The van der Waals surface area contributed by atoms with Gasteiger partial charge in [-0.15, -0.1) is 0 Å². The fourth-order valence-electron chi connectivity index (χ4n) is 1.85. The molecule has 1 unspecified atom stereocenters. The molecule has 0 saturated heterocycles. The third kappa shape index (κ3) is 5.27. The molecule has 5 nitrogen and oxygen atoms in total. The number of benzene rings is 1. The minimum absolute atomic E-state index is 0.0945. The summed E-state index contributed by atoms with van der Waals surface area (Å²) in [4.78, 5) is 24.5. The summed E-state index contributed by atoms with van der Waals surface area (Å²) in [5, 5.41) is 9.18. The van der Waals surface area contributed by atoms with Crippen LogP contribution in [0.4, 0.5) is 0 Å². The van der Waals surface area contributed by atoms with Gasteiger partial charge in [0.2, 0.25) is 0 Å². The van der Waals surface area contributed by atoms with E-state index in [1.54, 1.807) is 31.2 Å². The highest BCUT2D eigenvalue weighted by molar-refractivity contribution is 6.32. The van der Waals surface area contributed by atoms with Crippen molar-refractivity contribution in [2.75, 3.05) is 6.54 Å². The largest absolute Gasteiger partial charge is 0.481 e. The molecule has 0 radical (unpaired) electrons. The molecule has 0 aliphatic heterocycles. The van der Waals surface area contributed by atoms with Crippen molar-refractivity contribution < 1.29 is 19.4 Å². The molecule has 0 saturated carbocycles. The lowest BCUT2D eigenvalue weighted by molar-refractivity contribution is -0.142. The van der Waals surface area contributed by atoms with Gasteiger partial charge in [0.1, 0.15) is 5.75 Å². The van der Waals surface area contributed by atoms with E-state index in [0.29, 0.717) is 10.8 Å². The van der Waals surface area contributed by atoms with E-state index in [1.807, 2.05) is 13.8 Å². The number of nitrogens with zero attached hydrogens (tertiary/aromatic N) is 1. The summed E-state index contributed by atoms with van der Waals surface area (Å²) in [7, 11) is 0. The van der Waals surface area contributed by atoms with Gasteiger partial charge in [0.05, 0.1) is 11.4 Å². The Hall–Kier alpha value is -1.75. The average Bonchev–Trinajstić information content (AvgIpc) is 2.40. The second kappa shape index (κ2) is 7.88. The molecule has 6 heteroatoms. The number of hydrogen-bond donors (Lipinski definition) is 1. The van der Waals surface area contributed by atoms with Crippen LogP contribution in [0.25, 0.3) is 0 Å². The van der Waals surface area contributed by atoms with E-state index in [0.717, 1.165) is 0 Å². The summed E-state index contributed by atoms with van der Waals surface area (Å²) in [6.07, 6.45) is -0.830. The topological polar surface area (TPSA) is 66.8 Å². The highest BCUT2D eigenvalue weighted by Gasteiger charge is 2.25. The van der Waals surface area contributed by atoms with Gasteiger partial charge in [0, 0.05) is 12.6 Å². The van der Waals surface area contributed by atoms with Crippen molar-refractivity contribution in [3.05, 3.63) is 29.3 Å². The van der Waals surface area contributed by atoms with Crippen LogP contribution in [0.1, 0.15) is 27.2 Å². The van der Waals surface area contributed by atoms with Gasteiger partial charge in [0.25, 0.3) is 5.91 Å². The van der Waals surface area contributed by atoms with Crippen LogP contribution in [0.3, 0.4) is 0 Å². The van der Waals surface area contributed by atoms with Crippen LogP contribution in [-0.4, -0.2) is 40.6 Å². The molecule has 0 heterocycles. The van der Waals surface area contributed by atoms with Gasteiger partial charge in [-0.3, -0.25) is 9.59 Å². The molecule has 0 aliphatic rings. The van der Waals surface area contributed by atoms with E-state index in [1.165, 1.54) is 4.90 Å². The summed E-state index contributed by atoms with van der Waals surface area (Å²) < 4.78 is 5.57. The maximum atomic E-state index is 12.4. The summed E-state index contributed by atoms with van der Waals surface area (Å²) >= 11 is 5.99. The third-order valence-electron chi connectivity index (χ3n) is 2.96. The molecule has 0 bridgehead atoms. The molecule has 1 rings (SSSR count). The highest BCUT2D eigenvalue weighted by atomic mass is 35.5. The lowest BCUT2D eigenvalue weighted by Crippen LogP contribution is -2.45. The number of ether oxygens (including phenoxy) is 1. The number of carbonyl (C=O) groups excluding carboxylic acids is 1. The first-order valence-corrected chi connectivity index (χ1v) is 7.14. The molecular weight excluding hydrogens is 294 g/mol. The second-order valence-electron chi connectivity index (χ2n) is 4.96. The number of carboxylic acids is 1. The summed E-state index contributed by atoms with van der Waals surface area (Å²) in [5.41, 5.74) is 0. The number of carbonyl (C=O) groups is 2. The molecule has 1 aromatic rings. The number of para-hydroxylation sites is 1. The maximum absolute atomic E-state index is 12.4. The number of aliphatic carboxylic acids is 1. The Kier molecular flexibility index (Phi) is 6.49. The first kappa shape index (κ1) is 17.3. The zero-order valence-corrected chi connectivity index (χ0v) is 13.1. The monoisotopic (exact) mass is 313 g/mol. The minimum atomic E-state index is -0.937. The van der Waals surface area contributed by atoms with Crippen LogP contribution < -0.4 is 4.74 Å². The van der Waals surface area contributed by atoms with E-state index >= 15 is 0 Å². The Bertz CT molecular complexity index is 504. The normalized spacial score (nSPS) is 12.0. The molecule has 1 atom stereocenters. The number of carboxylic acid groups (broad SMARTS) is 1. The molecule has 116 valence electrons. The minimum Gasteiger partial charge on any atom is -0.481 e. The second-order valence-corrected chi connectivity index (χ2v) is 5.37. The van der Waals surface area contributed by atoms with Gasteiger partial charge in [-0.1, -0.05) is 23.7 Å². The molecule has 0 fully saturated rings. The maximum Gasteiger partial charge on any atom is 0.305 e. The van der Waals surface area contributed by atoms with Crippen LogP contribution in [-0.2, 0) is 9.59 Å². The Morgan fingerprint density at radius 3 is 2.43 bits per heavy atom. The van der Waals surface area contributed by atoms with Crippen LogP contribution >= 0.6 is 11.6 Å². The Morgan fingerprint density at radius 2 is 1.90 bits per heavy atom. The molecule has 21 heavy (non-hydrogen) atoms. The van der Waals surface area contributed by atoms with Crippen molar-refractivity contribution >= 4 is 23.5 Å². The zero-order valence-electron chi connectivity index (χ0n) is 12.4. The number of hydrogen-bond acceptors (Lipinski definition) is 3. The van der Waals surface area contributed by atoms with Crippen molar-refractivity contribution in [2.45, 2.75) is 39.3 Å². The Balaban J connectivity index is 2.74. The van der Waals surface area contributed by atoms with Crippen LogP contribution in [0, 0.1) is 0 Å². The molecular formula is C15H20ClNO4. The number of rotatable bonds is 7. The first-order valence-electron chi connectivity index (χ1n) is 6.76. The number of amides is 1. The predicted molar refractivity (Wildman–Crippen MR) is 80.6 cm³/mol. The van der Waals surface area contributed by atoms with Crippen molar-refractivity contribution in [1.82, 2.24) is 4.90 Å². The molecule has 1 N–H and O–H groups in total. The van der Waals surface area contributed by atoms with Crippen LogP contribution in [0.15, 0.2) is 24.3 Å². The third-order valence-corrected chi connectivity index (χ3v) is 3.27. The highest BCUT2D eigenvalue weighted by Crippen LogP contribution is 2.24. The van der Waals surface area contributed by atoms with Crippen molar-refractivity contribution in [1.29, 1.82) is 0 Å². The fraction of sp³-hybridized carbons (Fsp3) is 0.467. The lowest BCUT2D eigenvalue weighted by Gasteiger charge is -2.29. The lowest BCUT2D eigenvalue weighted by atomic mass is 10.2. The number of halogens is 1. The van der Waals surface area contributed by atoms with Gasteiger partial charge in [0.15, 0.2) is 6.10 Å². The standard InChI is InChI=1S/C15H20ClNO4/c1-10(2)17(9-8-14(18)19)15(20)11(3)21-13-7-5-4-6-12(13)16/h4-7,10-11H,8-9H2,1-3H3,(H,18,19). The van der Waals surface area contributed by atoms with Gasteiger partial charge in [-0.05, 0) is 32.9 Å². The molecule has 0 spiro atoms. The van der Waals surface area contributed by atoms with E-state index in [9.17, 15) is 9.59 Å². The summed E-state index contributed by atoms with van der Waals surface area (Å²) in [5.74, 6) is -0.763. The van der Waals surface area contributed by atoms with E-state index < -0.39 is 12.1 Å². The average molecular weight is 314 g/mol. The van der Waals surface area contributed by atoms with Crippen molar-refractivity contribution in [2.24, 2.45) is 0 Å². The zero-order chi connectivity index (χ0) is 16.0. The predicted octanol–water partition coefficient (Wildman–Crippen LogP) is 2.82. The summed E-state index contributed by atoms with van der Waals surface area (Å²) in [6.45, 7) is 5.45. The molecule has 1 aromatic carbocycles. The first-order chi connectivity index (χ1) is 9.82. The fourth-order valence-corrected chi connectivity index (χ4v) is 2.03. The van der Waals surface area contributed by atoms with Crippen molar-refractivity contribution in [3.63, 3.8) is 0 Å². The van der Waals surface area contributed by atoms with Gasteiger partial charge >= 0.3 is 5.97 Å². The quantitative estimate of drug-likeness (QED) is 0.840. The van der Waals surface area contributed by atoms with Gasteiger partial charge in [-0.25, -0.2) is 0 Å². The smallest absolute Gasteiger partial charge is 0.305 e. The Labute approximate surface area is 129 Å². The summed E-state index contributed by atoms with van der Waals surface area (Å²) in [6, 6.07) is 6.80. The van der Waals surface area contributed by atoms with E-state index in [4.69, 9.17) is 21.4 Å². The van der Waals surface area contributed by atoms with E-state index in [-0.39, 0.29) is 24.9 Å². The van der Waals surface area contributed by atoms with Gasteiger partial charge in [-0.2, -0.15) is 0 Å². The molecule has 1 amide bonds. The van der Waals surface area contributed by atoms with E-state index in [2.05, 4.69) is 0 Å². The molecule has 0 aliphatic carbocycles. The molecule has 0 aromatic heterocycles. The van der Waals surface area contributed by atoms with Crippen LogP contribution in [0.5, 0.6) is 5.75 Å².